The molecule has 1 atom stereocenters. The van der Waals surface area contributed by atoms with E-state index < -0.39 is 0 Å². The predicted octanol–water partition coefficient (Wildman–Crippen LogP) is 2.45. The van der Waals surface area contributed by atoms with Crippen molar-refractivity contribution in [2.45, 2.75) is 33.1 Å². The van der Waals surface area contributed by atoms with Gasteiger partial charge >= 0.3 is 0 Å². The number of hydrogen-bond acceptors (Lipinski definition) is 0. The van der Waals surface area contributed by atoms with Crippen LogP contribution in [0.5, 0.6) is 0 Å². The van der Waals surface area contributed by atoms with Crippen LogP contribution in [0, 0.1) is 30.1 Å². The summed E-state index contributed by atoms with van der Waals surface area (Å²) in [6.45, 7) is 3.99. The molecule has 54 valence electrons. The summed E-state index contributed by atoms with van der Waals surface area (Å²) in [5.74, 6) is 8.67. The average Bonchev–Trinajstić information content (AvgIpc) is 1.98. The van der Waals surface area contributed by atoms with Gasteiger partial charge in [-0.3, -0.25) is 0 Å². The van der Waals surface area contributed by atoms with E-state index in [9.17, 15) is 0 Å². The smallest absolute Gasteiger partial charge is 0.0808 e. The molecule has 0 rings (SSSR count). The first-order valence-corrected chi connectivity index (χ1v) is 3.73. The number of unbranched alkanes of at least 4 members (excludes halogenated alkanes) is 1. The fourth-order valence-corrected chi connectivity index (χ4v) is 0.780. The fraction of sp³-hybridized carbons (Fsp3) is 0.600. The van der Waals surface area contributed by atoms with Crippen LogP contribution >= 0.6 is 0 Å². The summed E-state index contributed by atoms with van der Waals surface area (Å²) in [4.78, 5) is 0. The molecule has 1 unspecified atom stereocenters. The molecule has 0 aliphatic heterocycles. The molecule has 0 amide bonds. The van der Waals surface area contributed by atoms with Crippen molar-refractivity contribution in [3.63, 3.8) is 0 Å². The van der Waals surface area contributed by atoms with E-state index in [4.69, 9.17) is 6.42 Å². The molecular weight excluding hydrogens is 120 g/mol. The van der Waals surface area contributed by atoms with E-state index in [0.29, 0.717) is 0 Å². The van der Waals surface area contributed by atoms with Crippen molar-refractivity contribution in [2.75, 3.05) is 0 Å². The highest BCUT2D eigenvalue weighted by atomic mass is 14.0. The van der Waals surface area contributed by atoms with Crippen LogP contribution in [0.15, 0.2) is 0 Å². The van der Waals surface area contributed by atoms with Crippen LogP contribution in [-0.2, 0) is 0 Å². The van der Waals surface area contributed by atoms with E-state index in [1.807, 2.05) is 6.92 Å². The molecule has 0 aromatic carbocycles. The molecule has 0 heterocycles. The van der Waals surface area contributed by atoms with E-state index in [1.54, 1.807) is 0 Å². The van der Waals surface area contributed by atoms with Crippen molar-refractivity contribution >= 4 is 0 Å². The Morgan fingerprint density at radius 1 is 1.50 bits per heavy atom. The van der Waals surface area contributed by atoms with Gasteiger partial charge in [0.25, 0.3) is 0 Å². The van der Waals surface area contributed by atoms with Crippen LogP contribution in [0.1, 0.15) is 33.1 Å². The van der Waals surface area contributed by atoms with Gasteiger partial charge in [-0.1, -0.05) is 31.6 Å². The Bertz CT molecular complexity index is 161. The Labute approximate surface area is 64.0 Å². The van der Waals surface area contributed by atoms with E-state index >= 15 is 0 Å². The van der Waals surface area contributed by atoms with Crippen molar-refractivity contribution in [3.05, 3.63) is 0 Å². The lowest BCUT2D eigenvalue weighted by Gasteiger charge is -1.98. The molecule has 0 nitrogen and oxygen atoms in total. The van der Waals surface area contributed by atoms with Gasteiger partial charge in [-0.15, -0.1) is 12.3 Å². The Hall–Kier alpha value is -0.880. The van der Waals surface area contributed by atoms with Crippen LogP contribution in [0.3, 0.4) is 0 Å². The molecular formula is C10H14. The van der Waals surface area contributed by atoms with Crippen molar-refractivity contribution < 1.29 is 0 Å². The monoisotopic (exact) mass is 134 g/mol. The maximum Gasteiger partial charge on any atom is 0.0808 e. The number of terminal acetylenes is 1. The van der Waals surface area contributed by atoms with Crippen LogP contribution in [0.4, 0.5) is 0 Å². The fourth-order valence-electron chi connectivity index (χ4n) is 0.780. The Morgan fingerprint density at radius 3 is 2.60 bits per heavy atom. The average molecular weight is 134 g/mol. The first kappa shape index (κ1) is 9.12. The van der Waals surface area contributed by atoms with Gasteiger partial charge in [-0.2, -0.15) is 0 Å². The Kier molecular flexibility index (Phi) is 5.69. The first-order chi connectivity index (χ1) is 4.85. The summed E-state index contributed by atoms with van der Waals surface area (Å²) >= 11 is 0. The van der Waals surface area contributed by atoms with Gasteiger partial charge in [0.15, 0.2) is 0 Å². The third kappa shape index (κ3) is 4.04. The van der Waals surface area contributed by atoms with Gasteiger partial charge in [0.1, 0.15) is 0 Å². The van der Waals surface area contributed by atoms with Gasteiger partial charge < -0.3 is 0 Å². The molecule has 10 heavy (non-hydrogen) atoms. The van der Waals surface area contributed by atoms with E-state index in [-0.39, 0.29) is 5.92 Å². The second kappa shape index (κ2) is 6.24. The minimum Gasteiger partial charge on any atom is -0.119 e. The largest absolute Gasteiger partial charge is 0.119 e. The zero-order valence-corrected chi connectivity index (χ0v) is 6.78. The molecule has 0 radical (unpaired) electrons. The normalized spacial score (nSPS) is 10.9. The van der Waals surface area contributed by atoms with Gasteiger partial charge in [0, 0.05) is 0 Å². The van der Waals surface area contributed by atoms with Gasteiger partial charge in [-0.05, 0) is 13.3 Å². The number of hydrogen-bond donors (Lipinski definition) is 0. The van der Waals surface area contributed by atoms with Crippen molar-refractivity contribution in [1.29, 1.82) is 0 Å². The maximum absolute atomic E-state index is 5.25. The minimum atomic E-state index is 0.185. The van der Waals surface area contributed by atoms with Gasteiger partial charge in [0.05, 0.1) is 5.92 Å². The van der Waals surface area contributed by atoms with E-state index in [2.05, 4.69) is 24.7 Å². The first-order valence-electron chi connectivity index (χ1n) is 3.73. The lowest BCUT2D eigenvalue weighted by molar-refractivity contribution is 0.669. The minimum absolute atomic E-state index is 0.185. The second-order valence-electron chi connectivity index (χ2n) is 2.26. The molecule has 0 saturated heterocycles. The Morgan fingerprint density at radius 2 is 2.20 bits per heavy atom. The third-order valence-corrected chi connectivity index (χ3v) is 1.37. The van der Waals surface area contributed by atoms with Crippen molar-refractivity contribution in [3.8, 4) is 24.2 Å². The molecule has 0 fully saturated rings. The molecule has 0 aliphatic rings. The highest BCUT2D eigenvalue weighted by molar-refractivity contribution is 5.13. The molecule has 0 spiro atoms. The standard InChI is InChI=1S/C10H14/c1-4-7-9-10(6-3)8-5-2/h3,10H,4,7,9H2,1-2H3. The summed E-state index contributed by atoms with van der Waals surface area (Å²) in [5, 5.41) is 0. The molecule has 0 heteroatoms. The predicted molar refractivity (Wildman–Crippen MR) is 45.3 cm³/mol. The summed E-state index contributed by atoms with van der Waals surface area (Å²) in [7, 11) is 0. The molecule has 0 saturated carbocycles. The highest BCUT2D eigenvalue weighted by Crippen LogP contribution is 2.05. The second-order valence-corrected chi connectivity index (χ2v) is 2.26. The van der Waals surface area contributed by atoms with Crippen LogP contribution in [0.25, 0.3) is 0 Å². The van der Waals surface area contributed by atoms with Crippen LogP contribution in [0.2, 0.25) is 0 Å². The summed E-state index contributed by atoms with van der Waals surface area (Å²) in [6.07, 6.45) is 8.68. The third-order valence-electron chi connectivity index (χ3n) is 1.37. The lowest BCUT2D eigenvalue weighted by Crippen LogP contribution is -1.91. The SMILES string of the molecule is C#CC(C#CC)CCCC. The molecule has 0 aromatic heterocycles. The van der Waals surface area contributed by atoms with Gasteiger partial charge in [-0.25, -0.2) is 0 Å². The van der Waals surface area contributed by atoms with Gasteiger partial charge in [0.2, 0.25) is 0 Å². The van der Waals surface area contributed by atoms with E-state index in [1.165, 1.54) is 12.8 Å². The zero-order chi connectivity index (χ0) is 7.82. The number of rotatable bonds is 3. The highest BCUT2D eigenvalue weighted by Gasteiger charge is 1.96. The zero-order valence-electron chi connectivity index (χ0n) is 6.78. The summed E-state index contributed by atoms with van der Waals surface area (Å²) in [5.41, 5.74) is 0. The Balaban J connectivity index is 3.60. The molecule has 0 bridgehead atoms. The van der Waals surface area contributed by atoms with Crippen molar-refractivity contribution in [1.82, 2.24) is 0 Å². The topological polar surface area (TPSA) is 0 Å². The molecule has 0 aromatic rings. The molecule has 0 aliphatic carbocycles. The molecule has 0 N–H and O–H groups in total. The van der Waals surface area contributed by atoms with Crippen molar-refractivity contribution in [2.24, 2.45) is 5.92 Å². The summed E-state index contributed by atoms with van der Waals surface area (Å²) in [6, 6.07) is 0. The van der Waals surface area contributed by atoms with Crippen LogP contribution < -0.4 is 0 Å². The summed E-state index contributed by atoms with van der Waals surface area (Å²) < 4.78 is 0. The quantitative estimate of drug-likeness (QED) is 0.520. The maximum atomic E-state index is 5.25. The lowest BCUT2D eigenvalue weighted by atomic mass is 10.0. The van der Waals surface area contributed by atoms with Crippen LogP contribution in [-0.4, -0.2) is 0 Å². The van der Waals surface area contributed by atoms with E-state index in [0.717, 1.165) is 6.42 Å².